The molecule has 0 heterocycles. The van der Waals surface area contributed by atoms with Crippen molar-refractivity contribution < 1.29 is 4.79 Å². The number of benzene rings is 6. The molecule has 6 aromatic carbocycles. The van der Waals surface area contributed by atoms with Gasteiger partial charge in [0.15, 0.2) is 0 Å². The summed E-state index contributed by atoms with van der Waals surface area (Å²) < 4.78 is 0. The molecular weight excluding hydrogens is 450 g/mol. The SMILES string of the molecule is NC(=O)c1cccc(-c2c(C3CCCc4ccc5c(ccc6ccccc65)c43)ccc3ccccc23)c1. The van der Waals surface area contributed by atoms with Crippen LogP contribution in [0.5, 0.6) is 0 Å². The summed E-state index contributed by atoms with van der Waals surface area (Å²) in [6.45, 7) is 0. The molecule has 1 unspecified atom stereocenters. The third-order valence-electron chi connectivity index (χ3n) is 8.12. The summed E-state index contributed by atoms with van der Waals surface area (Å²) in [6, 6.07) is 38.8. The molecule has 37 heavy (non-hydrogen) atoms. The summed E-state index contributed by atoms with van der Waals surface area (Å²) in [5, 5.41) is 7.66. The largest absolute Gasteiger partial charge is 0.366 e. The quantitative estimate of drug-likeness (QED) is 0.256. The Balaban J connectivity index is 1.53. The molecule has 1 amide bonds. The van der Waals surface area contributed by atoms with E-state index in [1.807, 2.05) is 12.1 Å². The van der Waals surface area contributed by atoms with Gasteiger partial charge in [0.1, 0.15) is 0 Å². The normalized spacial score (nSPS) is 15.2. The van der Waals surface area contributed by atoms with Crippen LogP contribution in [0.1, 0.15) is 45.8 Å². The second kappa shape index (κ2) is 8.60. The molecule has 2 N–H and O–H groups in total. The molecular formula is C35H27NO. The van der Waals surface area contributed by atoms with Crippen molar-refractivity contribution in [1.29, 1.82) is 0 Å². The van der Waals surface area contributed by atoms with Gasteiger partial charge in [-0.2, -0.15) is 0 Å². The smallest absolute Gasteiger partial charge is 0.248 e. The van der Waals surface area contributed by atoms with Crippen molar-refractivity contribution in [3.05, 3.63) is 131 Å². The first kappa shape index (κ1) is 21.8. The van der Waals surface area contributed by atoms with Gasteiger partial charge < -0.3 is 5.73 Å². The number of rotatable bonds is 3. The molecule has 6 aromatic rings. The number of primary amides is 1. The number of fused-ring (bicyclic) bond motifs is 6. The van der Waals surface area contributed by atoms with Gasteiger partial charge in [0.2, 0.25) is 5.91 Å². The van der Waals surface area contributed by atoms with Gasteiger partial charge >= 0.3 is 0 Å². The average Bonchev–Trinajstić information content (AvgIpc) is 2.96. The fourth-order valence-corrected chi connectivity index (χ4v) is 6.47. The maximum Gasteiger partial charge on any atom is 0.248 e. The van der Waals surface area contributed by atoms with E-state index in [1.54, 1.807) is 6.07 Å². The Kier molecular flexibility index (Phi) is 5.07. The fourth-order valence-electron chi connectivity index (χ4n) is 6.47. The van der Waals surface area contributed by atoms with Crippen molar-refractivity contribution in [2.75, 3.05) is 0 Å². The highest BCUT2D eigenvalue weighted by molar-refractivity contribution is 6.09. The van der Waals surface area contributed by atoms with Gasteiger partial charge in [-0.25, -0.2) is 0 Å². The zero-order valence-corrected chi connectivity index (χ0v) is 20.6. The highest BCUT2D eigenvalue weighted by Gasteiger charge is 2.27. The highest BCUT2D eigenvalue weighted by Crippen LogP contribution is 2.46. The van der Waals surface area contributed by atoms with Gasteiger partial charge in [-0.3, -0.25) is 4.79 Å². The zero-order valence-electron chi connectivity index (χ0n) is 20.6. The minimum absolute atomic E-state index is 0.269. The predicted octanol–water partition coefficient (Wildman–Crippen LogP) is 8.38. The van der Waals surface area contributed by atoms with E-state index in [-0.39, 0.29) is 5.92 Å². The molecule has 0 aromatic heterocycles. The van der Waals surface area contributed by atoms with E-state index in [1.165, 1.54) is 54.6 Å². The average molecular weight is 478 g/mol. The standard InChI is InChI=1S/C35H27NO/c36-35(37)26-11-5-10-25(21-26)34-28-13-4-2-8-23(28)16-20-32(34)30-14-6-9-24-17-18-29-27-12-3-1-7-22(27)15-19-31(29)33(24)30/h1-5,7-8,10-13,15-21,30H,6,9,14H2,(H2,36,37). The Morgan fingerprint density at radius 1 is 0.676 bits per heavy atom. The maximum atomic E-state index is 12.1. The topological polar surface area (TPSA) is 43.1 Å². The second-order valence-corrected chi connectivity index (χ2v) is 10.2. The number of carbonyl (C=O) groups excluding carboxylic acids is 1. The zero-order chi connectivity index (χ0) is 24.9. The van der Waals surface area contributed by atoms with Crippen LogP contribution in [0.2, 0.25) is 0 Å². The first-order valence-corrected chi connectivity index (χ1v) is 13.0. The summed E-state index contributed by atoms with van der Waals surface area (Å²) >= 11 is 0. The summed E-state index contributed by atoms with van der Waals surface area (Å²) in [5.74, 6) is -0.130. The molecule has 0 saturated carbocycles. The van der Waals surface area contributed by atoms with Crippen LogP contribution in [0.25, 0.3) is 43.4 Å². The van der Waals surface area contributed by atoms with Gasteiger partial charge in [0.25, 0.3) is 0 Å². The molecule has 1 aliphatic carbocycles. The van der Waals surface area contributed by atoms with Crippen LogP contribution in [-0.4, -0.2) is 5.91 Å². The van der Waals surface area contributed by atoms with E-state index in [0.29, 0.717) is 5.56 Å². The van der Waals surface area contributed by atoms with Crippen LogP contribution in [0, 0.1) is 0 Å². The Hall–Kier alpha value is -4.43. The van der Waals surface area contributed by atoms with Crippen molar-refractivity contribution in [3.63, 3.8) is 0 Å². The molecule has 0 spiro atoms. The molecule has 0 bridgehead atoms. The molecule has 1 atom stereocenters. The summed E-state index contributed by atoms with van der Waals surface area (Å²) in [4.78, 5) is 12.1. The van der Waals surface area contributed by atoms with Crippen molar-refractivity contribution in [3.8, 4) is 11.1 Å². The molecule has 1 aliphatic rings. The Labute approximate surface area is 216 Å². The minimum Gasteiger partial charge on any atom is -0.366 e. The lowest BCUT2D eigenvalue weighted by Gasteiger charge is -2.30. The summed E-state index contributed by atoms with van der Waals surface area (Å²) in [6.07, 6.45) is 3.36. The second-order valence-electron chi connectivity index (χ2n) is 10.2. The summed E-state index contributed by atoms with van der Waals surface area (Å²) in [7, 11) is 0. The number of carbonyl (C=O) groups is 1. The van der Waals surface area contributed by atoms with Gasteiger partial charge in [0.05, 0.1) is 0 Å². The lowest BCUT2D eigenvalue weighted by molar-refractivity contribution is 0.100. The predicted molar refractivity (Wildman–Crippen MR) is 154 cm³/mol. The van der Waals surface area contributed by atoms with E-state index in [2.05, 4.69) is 91.0 Å². The Morgan fingerprint density at radius 2 is 1.41 bits per heavy atom. The Morgan fingerprint density at radius 3 is 2.24 bits per heavy atom. The van der Waals surface area contributed by atoms with Crippen molar-refractivity contribution in [2.45, 2.75) is 25.2 Å². The first-order chi connectivity index (χ1) is 18.2. The molecule has 0 aliphatic heterocycles. The molecule has 178 valence electrons. The van der Waals surface area contributed by atoms with Crippen molar-refractivity contribution >= 4 is 38.2 Å². The van der Waals surface area contributed by atoms with E-state index >= 15 is 0 Å². The third-order valence-corrected chi connectivity index (χ3v) is 8.12. The van der Waals surface area contributed by atoms with Gasteiger partial charge in [-0.05, 0) is 91.5 Å². The molecule has 2 nitrogen and oxygen atoms in total. The van der Waals surface area contributed by atoms with Gasteiger partial charge in [-0.1, -0.05) is 97.1 Å². The molecule has 2 heteroatoms. The summed E-state index contributed by atoms with van der Waals surface area (Å²) in [5.41, 5.74) is 12.7. The number of aryl methyl sites for hydroxylation is 1. The highest BCUT2D eigenvalue weighted by atomic mass is 16.1. The third kappa shape index (κ3) is 3.52. The number of amides is 1. The van der Waals surface area contributed by atoms with E-state index in [0.717, 1.165) is 24.8 Å². The molecule has 0 radical (unpaired) electrons. The van der Waals surface area contributed by atoms with Gasteiger partial charge in [-0.15, -0.1) is 0 Å². The van der Waals surface area contributed by atoms with Crippen molar-refractivity contribution in [1.82, 2.24) is 0 Å². The van der Waals surface area contributed by atoms with Gasteiger partial charge in [0, 0.05) is 11.5 Å². The van der Waals surface area contributed by atoms with Crippen LogP contribution >= 0.6 is 0 Å². The maximum absolute atomic E-state index is 12.1. The number of hydrogen-bond acceptors (Lipinski definition) is 1. The van der Waals surface area contributed by atoms with Crippen molar-refractivity contribution in [2.24, 2.45) is 5.73 Å². The molecule has 0 fully saturated rings. The fraction of sp³-hybridized carbons (Fsp3) is 0.114. The number of hydrogen-bond donors (Lipinski definition) is 1. The lowest BCUT2D eigenvalue weighted by atomic mass is 9.74. The molecule has 7 rings (SSSR count). The van der Waals surface area contributed by atoms with E-state index in [4.69, 9.17) is 5.73 Å². The molecule has 0 saturated heterocycles. The van der Waals surface area contributed by atoms with E-state index < -0.39 is 5.91 Å². The number of nitrogens with two attached hydrogens (primary N) is 1. The first-order valence-electron chi connectivity index (χ1n) is 13.0. The van der Waals surface area contributed by atoms with Crippen LogP contribution in [-0.2, 0) is 6.42 Å². The van der Waals surface area contributed by atoms with E-state index in [9.17, 15) is 4.79 Å². The van der Waals surface area contributed by atoms with Crippen LogP contribution < -0.4 is 5.73 Å². The van der Waals surface area contributed by atoms with Crippen LogP contribution in [0.4, 0.5) is 0 Å². The Bertz CT molecular complexity index is 1850. The minimum atomic E-state index is -0.399. The monoisotopic (exact) mass is 477 g/mol. The lowest BCUT2D eigenvalue weighted by Crippen LogP contribution is -2.13. The van der Waals surface area contributed by atoms with Crippen LogP contribution in [0.15, 0.2) is 109 Å². The van der Waals surface area contributed by atoms with Crippen LogP contribution in [0.3, 0.4) is 0 Å².